The van der Waals surface area contributed by atoms with E-state index in [1.54, 1.807) is 11.8 Å². The van der Waals surface area contributed by atoms with Crippen molar-refractivity contribution in [2.75, 3.05) is 12.3 Å². The molecule has 1 aliphatic rings. The average molecular weight is 442 g/mol. The highest BCUT2D eigenvalue weighted by Crippen LogP contribution is 2.51. The monoisotopic (exact) mass is 441 g/mol. The van der Waals surface area contributed by atoms with Gasteiger partial charge in [-0.1, -0.05) is 84.6 Å². The van der Waals surface area contributed by atoms with Crippen molar-refractivity contribution in [3.8, 4) is 0 Å². The van der Waals surface area contributed by atoms with Crippen LogP contribution in [0.15, 0.2) is 90.1 Å². The first-order chi connectivity index (χ1) is 15.8. The summed E-state index contributed by atoms with van der Waals surface area (Å²) in [6, 6.07) is 28.6. The van der Waals surface area contributed by atoms with E-state index in [1.165, 1.54) is 0 Å². The topological polar surface area (TPSA) is 57.8 Å². The van der Waals surface area contributed by atoms with Crippen LogP contribution in [0.5, 0.6) is 0 Å². The summed E-state index contributed by atoms with van der Waals surface area (Å²) in [6.07, 6.45) is 3.05. The van der Waals surface area contributed by atoms with Crippen molar-refractivity contribution in [1.82, 2.24) is 15.3 Å². The van der Waals surface area contributed by atoms with Crippen LogP contribution in [0.3, 0.4) is 0 Å². The van der Waals surface area contributed by atoms with E-state index in [1.807, 2.05) is 60.7 Å². The molecule has 1 heterocycles. The van der Waals surface area contributed by atoms with Crippen molar-refractivity contribution < 1.29 is 4.79 Å². The summed E-state index contributed by atoms with van der Waals surface area (Å²) >= 11 is 1.70. The lowest BCUT2D eigenvalue weighted by atomic mass is 9.69. The molecule has 4 nitrogen and oxygen atoms in total. The standard InChI is InChI=1S/C27H27N3OS/c31-25(28-18-9-19-32-26-29-23-14-7-8-15-24(23)30-26)27(22-16-17-22,20-10-3-1-4-11-20)21-12-5-2-6-13-21/h1-8,10-15,22H,9,16-19H2,(H,28,31)(H,29,30). The van der Waals surface area contributed by atoms with Crippen LogP contribution >= 0.6 is 11.8 Å². The van der Waals surface area contributed by atoms with Crippen LogP contribution in [-0.2, 0) is 10.2 Å². The molecule has 5 heteroatoms. The van der Waals surface area contributed by atoms with Gasteiger partial charge in [-0.2, -0.15) is 0 Å². The third-order valence-corrected chi connectivity index (χ3v) is 7.18. The molecule has 162 valence electrons. The van der Waals surface area contributed by atoms with Crippen LogP contribution in [0.4, 0.5) is 0 Å². The first-order valence-corrected chi connectivity index (χ1v) is 12.2. The average Bonchev–Trinajstić information content (AvgIpc) is 3.59. The Morgan fingerprint density at radius 3 is 2.19 bits per heavy atom. The Hall–Kier alpha value is -3.05. The summed E-state index contributed by atoms with van der Waals surface area (Å²) in [6.45, 7) is 0.653. The summed E-state index contributed by atoms with van der Waals surface area (Å²) in [4.78, 5) is 21.7. The zero-order valence-electron chi connectivity index (χ0n) is 18.0. The van der Waals surface area contributed by atoms with Gasteiger partial charge in [0.15, 0.2) is 5.16 Å². The van der Waals surface area contributed by atoms with Crippen molar-refractivity contribution in [2.24, 2.45) is 5.92 Å². The molecule has 2 N–H and O–H groups in total. The Bertz CT molecular complexity index is 1110. The molecule has 0 saturated heterocycles. The number of hydrogen-bond acceptors (Lipinski definition) is 3. The second kappa shape index (κ2) is 9.21. The minimum atomic E-state index is -0.617. The van der Waals surface area contributed by atoms with Gasteiger partial charge >= 0.3 is 0 Å². The summed E-state index contributed by atoms with van der Waals surface area (Å²) in [5, 5.41) is 4.20. The fourth-order valence-electron chi connectivity index (χ4n) is 4.58. The van der Waals surface area contributed by atoms with E-state index in [-0.39, 0.29) is 5.91 Å². The lowest BCUT2D eigenvalue weighted by Crippen LogP contribution is -2.47. The number of fused-ring (bicyclic) bond motifs is 1. The van der Waals surface area contributed by atoms with E-state index < -0.39 is 5.41 Å². The van der Waals surface area contributed by atoms with Crippen LogP contribution in [-0.4, -0.2) is 28.2 Å². The van der Waals surface area contributed by atoms with E-state index in [9.17, 15) is 4.79 Å². The summed E-state index contributed by atoms with van der Waals surface area (Å²) < 4.78 is 0. The smallest absolute Gasteiger partial charge is 0.235 e. The maximum atomic E-state index is 13.8. The number of rotatable bonds is 9. The van der Waals surface area contributed by atoms with E-state index in [0.717, 1.165) is 52.3 Å². The second-order valence-corrected chi connectivity index (χ2v) is 9.41. The molecule has 1 aliphatic carbocycles. The Balaban J connectivity index is 1.27. The number of amides is 1. The number of aromatic nitrogens is 2. The summed E-state index contributed by atoms with van der Waals surface area (Å²) in [5.74, 6) is 1.36. The highest BCUT2D eigenvalue weighted by molar-refractivity contribution is 7.99. The minimum absolute atomic E-state index is 0.117. The predicted octanol–water partition coefficient (Wildman–Crippen LogP) is 5.56. The van der Waals surface area contributed by atoms with Gasteiger partial charge < -0.3 is 10.3 Å². The van der Waals surface area contributed by atoms with Crippen molar-refractivity contribution in [3.63, 3.8) is 0 Å². The first-order valence-electron chi connectivity index (χ1n) is 11.3. The predicted molar refractivity (Wildman–Crippen MR) is 131 cm³/mol. The van der Waals surface area contributed by atoms with Gasteiger partial charge in [0.05, 0.1) is 11.0 Å². The lowest BCUT2D eigenvalue weighted by Gasteiger charge is -2.34. The number of nitrogens with one attached hydrogen (secondary N) is 2. The molecule has 1 aromatic heterocycles. The van der Waals surface area contributed by atoms with Crippen molar-refractivity contribution in [2.45, 2.75) is 29.8 Å². The molecule has 0 bridgehead atoms. The Morgan fingerprint density at radius 1 is 0.938 bits per heavy atom. The molecule has 0 spiro atoms. The number of nitrogens with zero attached hydrogens (tertiary/aromatic N) is 1. The van der Waals surface area contributed by atoms with Crippen LogP contribution in [0, 0.1) is 5.92 Å². The number of carbonyl (C=O) groups excluding carboxylic acids is 1. The first kappa shape index (κ1) is 20.8. The number of benzene rings is 3. The maximum Gasteiger partial charge on any atom is 0.235 e. The molecule has 0 radical (unpaired) electrons. The molecular weight excluding hydrogens is 414 g/mol. The molecule has 1 fully saturated rings. The van der Waals surface area contributed by atoms with Crippen LogP contribution in [0.25, 0.3) is 11.0 Å². The van der Waals surface area contributed by atoms with Crippen molar-refractivity contribution >= 4 is 28.7 Å². The number of imidazole rings is 1. The van der Waals surface area contributed by atoms with Gasteiger partial charge in [0, 0.05) is 12.3 Å². The van der Waals surface area contributed by atoms with Gasteiger partial charge in [0.25, 0.3) is 0 Å². The number of para-hydroxylation sites is 2. The molecule has 0 aliphatic heterocycles. The number of hydrogen-bond donors (Lipinski definition) is 2. The lowest BCUT2D eigenvalue weighted by molar-refractivity contribution is -0.126. The molecule has 32 heavy (non-hydrogen) atoms. The van der Waals surface area contributed by atoms with Crippen LogP contribution in [0.2, 0.25) is 0 Å². The number of thioether (sulfide) groups is 1. The third kappa shape index (κ3) is 4.05. The molecule has 1 amide bonds. The van der Waals surface area contributed by atoms with E-state index in [4.69, 9.17) is 0 Å². The zero-order chi connectivity index (χ0) is 21.8. The van der Waals surface area contributed by atoms with Crippen LogP contribution in [0.1, 0.15) is 30.4 Å². The molecule has 0 unspecified atom stereocenters. The third-order valence-electron chi connectivity index (χ3n) is 6.22. The maximum absolute atomic E-state index is 13.8. The fourth-order valence-corrected chi connectivity index (χ4v) is 5.41. The van der Waals surface area contributed by atoms with Crippen molar-refractivity contribution in [3.05, 3.63) is 96.1 Å². The van der Waals surface area contributed by atoms with E-state index in [2.05, 4.69) is 39.6 Å². The minimum Gasteiger partial charge on any atom is -0.355 e. The molecule has 5 rings (SSSR count). The summed E-state index contributed by atoms with van der Waals surface area (Å²) in [7, 11) is 0. The van der Waals surface area contributed by atoms with Gasteiger partial charge in [0.1, 0.15) is 5.41 Å². The van der Waals surface area contributed by atoms with Gasteiger partial charge in [0.2, 0.25) is 5.91 Å². The largest absolute Gasteiger partial charge is 0.355 e. The van der Waals surface area contributed by atoms with Gasteiger partial charge in [-0.05, 0) is 48.4 Å². The number of H-pyrrole nitrogens is 1. The Labute approximate surface area is 192 Å². The second-order valence-electron chi connectivity index (χ2n) is 8.33. The van der Waals surface area contributed by atoms with Crippen LogP contribution < -0.4 is 5.32 Å². The molecular formula is C27H27N3OS. The highest BCUT2D eigenvalue weighted by atomic mass is 32.2. The van der Waals surface area contributed by atoms with Gasteiger partial charge in [-0.15, -0.1) is 0 Å². The zero-order valence-corrected chi connectivity index (χ0v) is 18.8. The van der Waals surface area contributed by atoms with E-state index >= 15 is 0 Å². The highest BCUT2D eigenvalue weighted by Gasteiger charge is 2.53. The Morgan fingerprint density at radius 2 is 1.56 bits per heavy atom. The SMILES string of the molecule is O=C(NCCCSc1nc2ccccc2[nH]1)C(c1ccccc1)(c1ccccc1)C1CC1. The Kier molecular flexibility index (Phi) is 5.99. The molecule has 1 saturated carbocycles. The fraction of sp³-hybridized carbons (Fsp3) is 0.259. The number of carbonyl (C=O) groups is 1. The quantitative estimate of drug-likeness (QED) is 0.264. The van der Waals surface area contributed by atoms with Gasteiger partial charge in [-0.25, -0.2) is 4.98 Å². The summed E-state index contributed by atoms with van der Waals surface area (Å²) in [5.41, 5.74) is 3.60. The molecule has 0 atom stereocenters. The molecule has 3 aromatic carbocycles. The number of aromatic amines is 1. The normalized spacial score (nSPS) is 13.9. The van der Waals surface area contributed by atoms with E-state index in [0.29, 0.717) is 12.5 Å². The van der Waals surface area contributed by atoms with Gasteiger partial charge in [-0.3, -0.25) is 4.79 Å². The van der Waals surface area contributed by atoms with Crippen molar-refractivity contribution in [1.29, 1.82) is 0 Å². The molecule has 4 aromatic rings.